The molecule has 0 atom stereocenters. The number of barbiturate groups is 1. The standard InChI is InChI=1S/C27H18F3N3O3/c28-27(29,30)19-9-6-10-20(14-19)33-25(35)22(24(34)31-26(33)36)13-18-16-32(15-17-7-2-1-3-8-17)23-12-5-4-11-21(18)23/h1-14,16H,15H2,(H,31,34,36). The van der Waals surface area contributed by atoms with Gasteiger partial charge in [-0.3, -0.25) is 14.9 Å². The van der Waals surface area contributed by atoms with Crippen LogP contribution in [0.3, 0.4) is 0 Å². The highest BCUT2D eigenvalue weighted by molar-refractivity contribution is 6.39. The van der Waals surface area contributed by atoms with Gasteiger partial charge in [0.25, 0.3) is 11.8 Å². The number of hydrogen-bond acceptors (Lipinski definition) is 3. The lowest BCUT2D eigenvalue weighted by molar-refractivity contribution is -0.137. The number of fused-ring (bicyclic) bond motifs is 1. The first kappa shape index (κ1) is 23.1. The molecule has 1 aliphatic rings. The van der Waals surface area contributed by atoms with Gasteiger partial charge in [-0.25, -0.2) is 9.69 Å². The van der Waals surface area contributed by atoms with E-state index in [0.717, 1.165) is 28.6 Å². The van der Waals surface area contributed by atoms with Crippen LogP contribution in [0.15, 0.2) is 90.6 Å². The summed E-state index contributed by atoms with van der Waals surface area (Å²) >= 11 is 0. The van der Waals surface area contributed by atoms with E-state index in [9.17, 15) is 27.6 Å². The molecule has 36 heavy (non-hydrogen) atoms. The largest absolute Gasteiger partial charge is 0.416 e. The fourth-order valence-electron chi connectivity index (χ4n) is 4.17. The van der Waals surface area contributed by atoms with Gasteiger partial charge in [-0.05, 0) is 35.9 Å². The van der Waals surface area contributed by atoms with Crippen LogP contribution < -0.4 is 10.2 Å². The number of anilines is 1. The Bertz CT molecular complexity index is 1540. The smallest absolute Gasteiger partial charge is 0.342 e. The summed E-state index contributed by atoms with van der Waals surface area (Å²) in [5.74, 6) is -1.93. The lowest BCUT2D eigenvalue weighted by atomic mass is 10.1. The van der Waals surface area contributed by atoms with Crippen molar-refractivity contribution in [2.45, 2.75) is 12.7 Å². The Morgan fingerprint density at radius 3 is 2.33 bits per heavy atom. The molecular formula is C27H18F3N3O3. The monoisotopic (exact) mass is 489 g/mol. The Hall–Kier alpha value is -4.66. The van der Waals surface area contributed by atoms with Gasteiger partial charge in [0, 0.05) is 29.2 Å². The van der Waals surface area contributed by atoms with Gasteiger partial charge in [-0.2, -0.15) is 13.2 Å². The minimum absolute atomic E-state index is 0.294. The van der Waals surface area contributed by atoms with E-state index < -0.39 is 29.6 Å². The molecular weight excluding hydrogens is 471 g/mol. The van der Waals surface area contributed by atoms with Crippen molar-refractivity contribution in [3.63, 3.8) is 0 Å². The van der Waals surface area contributed by atoms with Crippen LogP contribution in [0.5, 0.6) is 0 Å². The SMILES string of the molecule is O=C1NC(=O)N(c2cccc(C(F)(F)F)c2)C(=O)C1=Cc1cn(Cc2ccccc2)c2ccccc12. The van der Waals surface area contributed by atoms with Crippen molar-refractivity contribution in [1.29, 1.82) is 0 Å². The summed E-state index contributed by atoms with van der Waals surface area (Å²) in [6, 6.07) is 19.8. The van der Waals surface area contributed by atoms with Gasteiger partial charge in [-0.1, -0.05) is 54.6 Å². The van der Waals surface area contributed by atoms with Crippen LogP contribution in [0.2, 0.25) is 0 Å². The van der Waals surface area contributed by atoms with Gasteiger partial charge in [-0.15, -0.1) is 0 Å². The molecule has 0 radical (unpaired) electrons. The third kappa shape index (κ3) is 4.26. The Labute approximate surface area is 203 Å². The van der Waals surface area contributed by atoms with Crippen molar-refractivity contribution < 1.29 is 27.6 Å². The van der Waals surface area contributed by atoms with Gasteiger partial charge in [0.2, 0.25) is 0 Å². The number of rotatable bonds is 4. The zero-order valence-electron chi connectivity index (χ0n) is 18.6. The molecule has 1 N–H and O–H groups in total. The number of imide groups is 2. The predicted octanol–water partition coefficient (Wildman–Crippen LogP) is 5.37. The number of carbonyl (C=O) groups is 3. The molecule has 1 aliphatic heterocycles. The number of nitrogens with one attached hydrogen (secondary N) is 1. The highest BCUT2D eigenvalue weighted by Crippen LogP contribution is 2.33. The van der Waals surface area contributed by atoms with E-state index in [4.69, 9.17) is 0 Å². The molecule has 180 valence electrons. The third-order valence-corrected chi connectivity index (χ3v) is 5.85. The van der Waals surface area contributed by atoms with Crippen molar-refractivity contribution in [2.75, 3.05) is 4.90 Å². The second-order valence-corrected chi connectivity index (χ2v) is 8.22. The number of halogens is 3. The van der Waals surface area contributed by atoms with Crippen LogP contribution in [-0.4, -0.2) is 22.4 Å². The van der Waals surface area contributed by atoms with E-state index in [1.807, 2.05) is 59.2 Å². The van der Waals surface area contributed by atoms with Crippen LogP contribution >= 0.6 is 0 Å². The summed E-state index contributed by atoms with van der Waals surface area (Å²) in [7, 11) is 0. The minimum Gasteiger partial charge on any atom is -0.342 e. The fourth-order valence-corrected chi connectivity index (χ4v) is 4.17. The van der Waals surface area contributed by atoms with Gasteiger partial charge in [0.1, 0.15) is 5.57 Å². The molecule has 1 saturated heterocycles. The zero-order chi connectivity index (χ0) is 25.4. The number of nitrogens with zero attached hydrogens (tertiary/aromatic N) is 2. The summed E-state index contributed by atoms with van der Waals surface area (Å²) in [4.78, 5) is 38.8. The molecule has 2 heterocycles. The number of carbonyl (C=O) groups excluding carboxylic acids is 3. The quantitative estimate of drug-likeness (QED) is 0.309. The lowest BCUT2D eigenvalue weighted by Gasteiger charge is -2.26. The van der Waals surface area contributed by atoms with Crippen molar-refractivity contribution in [2.24, 2.45) is 0 Å². The average Bonchev–Trinajstić information content (AvgIpc) is 3.19. The number of alkyl halides is 3. The molecule has 6 nitrogen and oxygen atoms in total. The first-order valence-electron chi connectivity index (χ1n) is 10.9. The average molecular weight is 489 g/mol. The highest BCUT2D eigenvalue weighted by atomic mass is 19.4. The minimum atomic E-state index is -4.67. The Balaban J connectivity index is 1.56. The molecule has 0 aliphatic carbocycles. The first-order valence-corrected chi connectivity index (χ1v) is 10.9. The molecule has 1 fully saturated rings. The molecule has 0 saturated carbocycles. The number of aromatic nitrogens is 1. The van der Waals surface area contributed by atoms with Crippen molar-refractivity contribution >= 4 is 40.5 Å². The maximum Gasteiger partial charge on any atom is 0.416 e. The Morgan fingerprint density at radius 1 is 0.861 bits per heavy atom. The molecule has 0 bridgehead atoms. The highest BCUT2D eigenvalue weighted by Gasteiger charge is 2.38. The van der Waals surface area contributed by atoms with Gasteiger partial charge >= 0.3 is 12.2 Å². The van der Waals surface area contributed by atoms with Crippen molar-refractivity contribution in [3.05, 3.63) is 107 Å². The Morgan fingerprint density at radius 2 is 1.58 bits per heavy atom. The number of amides is 4. The second-order valence-electron chi connectivity index (χ2n) is 8.22. The topological polar surface area (TPSA) is 71.4 Å². The summed E-state index contributed by atoms with van der Waals surface area (Å²) in [5.41, 5.74) is 0.783. The van der Waals surface area contributed by atoms with Crippen molar-refractivity contribution in [3.8, 4) is 0 Å². The molecule has 0 unspecified atom stereocenters. The zero-order valence-corrected chi connectivity index (χ0v) is 18.6. The number of para-hydroxylation sites is 1. The van der Waals surface area contributed by atoms with E-state index >= 15 is 0 Å². The molecule has 3 aromatic carbocycles. The van der Waals surface area contributed by atoms with E-state index in [0.29, 0.717) is 23.1 Å². The summed E-state index contributed by atoms with van der Waals surface area (Å²) in [6.07, 6.45) is -1.52. The van der Waals surface area contributed by atoms with Crippen molar-refractivity contribution in [1.82, 2.24) is 9.88 Å². The maximum absolute atomic E-state index is 13.2. The van der Waals surface area contributed by atoms with Crippen LogP contribution in [0, 0.1) is 0 Å². The van der Waals surface area contributed by atoms with E-state index in [-0.39, 0.29) is 11.3 Å². The second kappa shape index (κ2) is 8.84. The maximum atomic E-state index is 13.2. The van der Waals surface area contributed by atoms with Gasteiger partial charge in [0.15, 0.2) is 0 Å². The van der Waals surface area contributed by atoms with Crippen LogP contribution in [0.1, 0.15) is 16.7 Å². The molecule has 4 aromatic rings. The van der Waals surface area contributed by atoms with E-state index in [1.54, 1.807) is 6.20 Å². The normalized spacial score (nSPS) is 15.6. The van der Waals surface area contributed by atoms with Gasteiger partial charge < -0.3 is 4.57 Å². The fraction of sp³-hybridized carbons (Fsp3) is 0.0741. The molecule has 0 spiro atoms. The van der Waals surface area contributed by atoms with Gasteiger partial charge in [0.05, 0.1) is 11.3 Å². The van der Waals surface area contributed by atoms with E-state index in [2.05, 4.69) is 5.32 Å². The van der Waals surface area contributed by atoms with Crippen LogP contribution in [0.4, 0.5) is 23.7 Å². The predicted molar refractivity (Wildman–Crippen MR) is 128 cm³/mol. The number of benzene rings is 3. The number of urea groups is 1. The third-order valence-electron chi connectivity index (χ3n) is 5.85. The lowest BCUT2D eigenvalue weighted by Crippen LogP contribution is -2.54. The molecule has 1 aromatic heterocycles. The summed E-state index contributed by atoms with van der Waals surface area (Å²) in [6.45, 7) is 0.541. The first-order chi connectivity index (χ1) is 17.2. The number of hydrogen-bond donors (Lipinski definition) is 1. The van der Waals surface area contributed by atoms with E-state index in [1.165, 1.54) is 12.1 Å². The molecule has 4 amide bonds. The molecule has 9 heteroatoms. The van der Waals surface area contributed by atoms with Crippen LogP contribution in [0.25, 0.3) is 17.0 Å². The summed E-state index contributed by atoms with van der Waals surface area (Å²) < 4.78 is 41.5. The summed E-state index contributed by atoms with van der Waals surface area (Å²) in [5, 5.41) is 2.82. The van der Waals surface area contributed by atoms with Crippen LogP contribution in [-0.2, 0) is 22.3 Å². The Kier molecular flexibility index (Phi) is 5.68. The molecule has 5 rings (SSSR count).